The fraction of sp³-hybridized carbons (Fsp3) is 0.682. The monoisotopic (exact) mass is 390 g/mol. The maximum absolute atomic E-state index is 6.84. The van der Waals surface area contributed by atoms with E-state index in [1.54, 1.807) is 7.11 Å². The lowest BCUT2D eigenvalue weighted by atomic mass is 9.99. The summed E-state index contributed by atoms with van der Waals surface area (Å²) >= 11 is 0. The summed E-state index contributed by atoms with van der Waals surface area (Å²) in [6.07, 6.45) is 4.45. The zero-order chi connectivity index (χ0) is 20.1. The van der Waals surface area contributed by atoms with Crippen molar-refractivity contribution >= 4 is 14.5 Å². The molecule has 0 saturated carbocycles. The van der Waals surface area contributed by atoms with E-state index in [1.165, 1.54) is 12.0 Å². The highest BCUT2D eigenvalue weighted by atomic mass is 28.4. The summed E-state index contributed by atoms with van der Waals surface area (Å²) in [4.78, 5) is 0. The summed E-state index contributed by atoms with van der Waals surface area (Å²) < 4.78 is 12.2. The van der Waals surface area contributed by atoms with E-state index < -0.39 is 8.32 Å². The second-order valence-corrected chi connectivity index (χ2v) is 14.0. The van der Waals surface area contributed by atoms with Crippen LogP contribution in [-0.4, -0.2) is 45.8 Å². The van der Waals surface area contributed by atoms with Gasteiger partial charge in [-0.2, -0.15) is 5.10 Å². The van der Waals surface area contributed by atoms with Crippen molar-refractivity contribution in [2.24, 2.45) is 11.0 Å². The summed E-state index contributed by atoms with van der Waals surface area (Å²) in [5.74, 6) is 0.199. The van der Waals surface area contributed by atoms with E-state index in [0.29, 0.717) is 6.04 Å². The highest BCUT2D eigenvalue weighted by molar-refractivity contribution is 6.74. The molecule has 1 aromatic rings. The second-order valence-electron chi connectivity index (χ2n) is 9.25. The number of nitrogens with zero attached hydrogens (tertiary/aromatic N) is 2. The van der Waals surface area contributed by atoms with E-state index in [9.17, 15) is 0 Å². The number of ether oxygens (including phenoxy) is 1. The quantitative estimate of drug-likeness (QED) is 0.435. The molecule has 1 heterocycles. The summed E-state index contributed by atoms with van der Waals surface area (Å²) in [7, 11) is -0.130. The summed E-state index contributed by atoms with van der Waals surface area (Å²) in [5, 5.41) is 7.19. The van der Waals surface area contributed by atoms with Gasteiger partial charge in [0, 0.05) is 25.8 Å². The molecule has 1 aliphatic rings. The van der Waals surface area contributed by atoms with Crippen LogP contribution in [0.25, 0.3) is 0 Å². The van der Waals surface area contributed by atoms with Gasteiger partial charge in [0.05, 0.1) is 18.8 Å². The number of methoxy groups -OCH3 is 1. The van der Waals surface area contributed by atoms with Crippen LogP contribution in [0, 0.1) is 5.92 Å². The van der Waals surface area contributed by atoms with Crippen LogP contribution < -0.4 is 0 Å². The van der Waals surface area contributed by atoms with Gasteiger partial charge in [0.1, 0.15) is 0 Å². The van der Waals surface area contributed by atoms with Crippen molar-refractivity contribution in [2.75, 3.05) is 20.3 Å². The van der Waals surface area contributed by atoms with Crippen LogP contribution in [0.1, 0.15) is 52.2 Å². The lowest BCUT2D eigenvalue weighted by Gasteiger charge is -2.40. The van der Waals surface area contributed by atoms with E-state index in [2.05, 4.69) is 82.3 Å². The molecule has 0 aromatic heterocycles. The van der Waals surface area contributed by atoms with E-state index >= 15 is 0 Å². The van der Waals surface area contributed by atoms with E-state index in [-0.39, 0.29) is 17.1 Å². The molecule has 5 heteroatoms. The molecule has 1 aliphatic heterocycles. The van der Waals surface area contributed by atoms with Crippen molar-refractivity contribution in [2.45, 2.75) is 70.8 Å². The van der Waals surface area contributed by atoms with Crippen LogP contribution in [0.3, 0.4) is 0 Å². The summed E-state index contributed by atoms with van der Waals surface area (Å²) in [6, 6.07) is 11.0. The van der Waals surface area contributed by atoms with Gasteiger partial charge in [-0.25, -0.2) is 0 Å². The molecule has 1 fully saturated rings. The number of hydrogen-bond acceptors (Lipinski definition) is 4. The van der Waals surface area contributed by atoms with E-state index in [0.717, 1.165) is 19.6 Å². The number of hydrogen-bond donors (Lipinski definition) is 0. The molecular formula is C22H38N2O2Si. The van der Waals surface area contributed by atoms with E-state index in [4.69, 9.17) is 14.3 Å². The van der Waals surface area contributed by atoms with Crippen molar-refractivity contribution in [3.63, 3.8) is 0 Å². The van der Waals surface area contributed by atoms with Gasteiger partial charge in [-0.1, -0.05) is 58.0 Å². The molecule has 0 aliphatic carbocycles. The van der Waals surface area contributed by atoms with Crippen molar-refractivity contribution in [3.8, 4) is 0 Å². The summed E-state index contributed by atoms with van der Waals surface area (Å²) in [6.45, 7) is 15.5. The Morgan fingerprint density at radius 1 is 1.26 bits per heavy atom. The van der Waals surface area contributed by atoms with Gasteiger partial charge in [0.15, 0.2) is 8.32 Å². The maximum atomic E-state index is 6.84. The molecule has 4 nitrogen and oxygen atoms in total. The van der Waals surface area contributed by atoms with Crippen LogP contribution in [0.5, 0.6) is 0 Å². The first-order chi connectivity index (χ1) is 12.7. The van der Waals surface area contributed by atoms with Crippen LogP contribution in [0.4, 0.5) is 0 Å². The molecule has 0 amide bonds. The average Bonchev–Trinajstić information content (AvgIpc) is 3.05. The Kier molecular flexibility index (Phi) is 7.66. The first kappa shape index (κ1) is 22.1. The first-order valence-electron chi connectivity index (χ1n) is 10.2. The normalized spacial score (nSPS) is 21.0. The molecule has 152 valence electrons. The minimum atomic E-state index is -1.90. The number of benzene rings is 1. The SMILES string of the molecule is COC[C@@H]1CCCN1/N=C/[C@H](C)[C@@H](O[Si](C)(C)C(C)(C)C)c1ccccc1. The van der Waals surface area contributed by atoms with Gasteiger partial charge in [0.25, 0.3) is 0 Å². The Balaban J connectivity index is 2.19. The van der Waals surface area contributed by atoms with Crippen molar-refractivity contribution in [1.82, 2.24) is 5.01 Å². The van der Waals surface area contributed by atoms with Gasteiger partial charge < -0.3 is 9.16 Å². The van der Waals surface area contributed by atoms with Crippen molar-refractivity contribution in [3.05, 3.63) is 35.9 Å². The van der Waals surface area contributed by atoms with Crippen LogP contribution in [0.15, 0.2) is 35.4 Å². The smallest absolute Gasteiger partial charge is 0.192 e. The molecule has 27 heavy (non-hydrogen) atoms. The third-order valence-corrected chi connectivity index (χ3v) is 10.4. The Bertz CT molecular complexity index is 598. The standard InChI is InChI=1S/C22H38N2O2Si/c1-18(16-23-24-15-11-14-20(24)17-25-5)21(19-12-9-8-10-13-19)26-27(6,7)22(2,3)4/h8-10,12-13,16,18,20-21H,11,14-15,17H2,1-7H3/b23-16+/t18-,20-,21+/m0/s1. The molecular weight excluding hydrogens is 352 g/mol. The van der Waals surface area contributed by atoms with Crippen LogP contribution >= 0.6 is 0 Å². The molecule has 0 spiro atoms. The summed E-state index contributed by atoms with van der Waals surface area (Å²) in [5.41, 5.74) is 1.23. The molecule has 0 bridgehead atoms. The Morgan fingerprint density at radius 2 is 1.93 bits per heavy atom. The highest BCUT2D eigenvalue weighted by Crippen LogP contribution is 2.41. The Morgan fingerprint density at radius 3 is 2.52 bits per heavy atom. The largest absolute Gasteiger partial charge is 0.409 e. The number of hydrazone groups is 1. The second kappa shape index (κ2) is 9.35. The van der Waals surface area contributed by atoms with Gasteiger partial charge in [0.2, 0.25) is 0 Å². The predicted octanol–water partition coefficient (Wildman–Crippen LogP) is 5.48. The van der Waals surface area contributed by atoms with Gasteiger partial charge in [-0.05, 0) is 36.5 Å². The zero-order valence-corrected chi connectivity index (χ0v) is 19.2. The molecule has 0 N–H and O–H groups in total. The first-order valence-corrected chi connectivity index (χ1v) is 13.1. The van der Waals surface area contributed by atoms with Crippen LogP contribution in [-0.2, 0) is 9.16 Å². The van der Waals surface area contributed by atoms with Gasteiger partial charge in [-0.15, -0.1) is 0 Å². The number of rotatable bonds is 8. The fourth-order valence-electron chi connectivity index (χ4n) is 3.22. The lowest BCUT2D eigenvalue weighted by molar-refractivity contribution is 0.116. The minimum Gasteiger partial charge on any atom is -0.409 e. The van der Waals surface area contributed by atoms with Crippen molar-refractivity contribution < 1.29 is 9.16 Å². The fourth-order valence-corrected chi connectivity index (χ4v) is 4.56. The zero-order valence-electron chi connectivity index (χ0n) is 18.2. The third-order valence-electron chi connectivity index (χ3n) is 5.99. The lowest BCUT2D eigenvalue weighted by Crippen LogP contribution is -2.43. The molecule has 1 saturated heterocycles. The predicted molar refractivity (Wildman–Crippen MR) is 117 cm³/mol. The van der Waals surface area contributed by atoms with Gasteiger partial charge >= 0.3 is 0 Å². The Labute approximate surface area is 167 Å². The maximum Gasteiger partial charge on any atom is 0.192 e. The minimum absolute atomic E-state index is 0.0271. The van der Waals surface area contributed by atoms with E-state index in [1.807, 2.05) is 0 Å². The van der Waals surface area contributed by atoms with Gasteiger partial charge in [-0.3, -0.25) is 5.01 Å². The average molecular weight is 391 g/mol. The molecule has 3 atom stereocenters. The molecule has 0 unspecified atom stereocenters. The highest BCUT2D eigenvalue weighted by Gasteiger charge is 2.40. The van der Waals surface area contributed by atoms with Crippen molar-refractivity contribution in [1.29, 1.82) is 0 Å². The molecule has 2 rings (SSSR count). The molecule has 1 aromatic carbocycles. The molecule has 0 radical (unpaired) electrons. The third kappa shape index (κ3) is 5.90. The van der Waals surface area contributed by atoms with Crippen LogP contribution in [0.2, 0.25) is 18.1 Å². The Hall–Kier alpha value is -1.17. The topological polar surface area (TPSA) is 34.1 Å².